The van der Waals surface area contributed by atoms with Crippen molar-refractivity contribution in [3.63, 3.8) is 0 Å². The van der Waals surface area contributed by atoms with Gasteiger partial charge in [0.1, 0.15) is 28.4 Å². The monoisotopic (exact) mass is 500 g/mol. The molecule has 1 atom stereocenters. The Balaban J connectivity index is 1.58. The molecule has 0 aliphatic carbocycles. The van der Waals surface area contributed by atoms with Crippen LogP contribution in [0.1, 0.15) is 28.5 Å². The van der Waals surface area contributed by atoms with Crippen LogP contribution in [-0.2, 0) is 17.9 Å². The van der Waals surface area contributed by atoms with E-state index >= 15 is 0 Å². The fourth-order valence-corrected chi connectivity index (χ4v) is 4.67. The largest absolute Gasteiger partial charge is 0.497 e. The maximum Gasteiger partial charge on any atom is 0.277 e. The van der Waals surface area contributed by atoms with E-state index in [9.17, 15) is 9.59 Å². The van der Waals surface area contributed by atoms with Gasteiger partial charge in [0.25, 0.3) is 5.91 Å². The third-order valence-electron chi connectivity index (χ3n) is 6.58. The highest BCUT2D eigenvalue weighted by Gasteiger charge is 2.49. The Labute approximate surface area is 214 Å². The molecule has 2 aromatic carbocycles. The number of rotatable bonds is 7. The van der Waals surface area contributed by atoms with E-state index in [2.05, 4.69) is 10.4 Å². The SMILES string of the molecule is COc1ccc(N2C(=O)c3cc(-c4ccco4)nn3C[C@@]2(C)C(=O)NCc2cccc(C)c2)c(OC)c1. The van der Waals surface area contributed by atoms with Crippen LogP contribution in [0, 0.1) is 6.92 Å². The van der Waals surface area contributed by atoms with Gasteiger partial charge in [0.2, 0.25) is 5.91 Å². The number of amides is 2. The van der Waals surface area contributed by atoms with Gasteiger partial charge in [-0.15, -0.1) is 0 Å². The lowest BCUT2D eigenvalue weighted by Gasteiger charge is -2.43. The average Bonchev–Trinajstić information content (AvgIpc) is 3.58. The molecule has 0 saturated heterocycles. The Hall–Kier alpha value is -4.53. The van der Waals surface area contributed by atoms with Gasteiger partial charge in [-0.1, -0.05) is 29.8 Å². The van der Waals surface area contributed by atoms with Crippen molar-refractivity contribution in [2.75, 3.05) is 19.1 Å². The molecule has 4 aromatic rings. The molecule has 0 saturated carbocycles. The van der Waals surface area contributed by atoms with Gasteiger partial charge in [0.15, 0.2) is 5.76 Å². The van der Waals surface area contributed by atoms with E-state index < -0.39 is 5.54 Å². The van der Waals surface area contributed by atoms with Crippen molar-refractivity contribution in [2.24, 2.45) is 0 Å². The van der Waals surface area contributed by atoms with Gasteiger partial charge in [-0.25, -0.2) is 0 Å². The highest BCUT2D eigenvalue weighted by atomic mass is 16.5. The maximum absolute atomic E-state index is 14.0. The quantitative estimate of drug-likeness (QED) is 0.408. The van der Waals surface area contributed by atoms with E-state index in [0.717, 1.165) is 11.1 Å². The van der Waals surface area contributed by atoms with Crippen molar-refractivity contribution < 1.29 is 23.5 Å². The molecule has 2 amide bonds. The molecule has 0 radical (unpaired) electrons. The lowest BCUT2D eigenvalue weighted by Crippen LogP contribution is -2.64. The van der Waals surface area contributed by atoms with Gasteiger partial charge in [-0.05, 0) is 43.7 Å². The molecule has 0 fully saturated rings. The first-order valence-corrected chi connectivity index (χ1v) is 11.9. The van der Waals surface area contributed by atoms with Crippen LogP contribution in [0.5, 0.6) is 11.5 Å². The lowest BCUT2D eigenvalue weighted by molar-refractivity contribution is -0.126. The van der Waals surface area contributed by atoms with Crippen LogP contribution < -0.4 is 19.7 Å². The number of anilines is 1. The number of fused-ring (bicyclic) bond motifs is 1. The second kappa shape index (κ2) is 9.50. The van der Waals surface area contributed by atoms with E-state index in [4.69, 9.17) is 13.9 Å². The lowest BCUT2D eigenvalue weighted by atomic mass is 9.93. The molecule has 1 aliphatic rings. The number of nitrogens with one attached hydrogen (secondary N) is 1. The molecule has 3 heterocycles. The Kier molecular flexibility index (Phi) is 6.20. The number of methoxy groups -OCH3 is 2. The summed E-state index contributed by atoms with van der Waals surface area (Å²) in [5.74, 6) is 0.813. The number of carbonyl (C=O) groups excluding carboxylic acids is 2. The predicted octanol–water partition coefficient (Wildman–Crippen LogP) is 4.20. The molecule has 1 aliphatic heterocycles. The number of nitrogens with zero attached hydrogens (tertiary/aromatic N) is 3. The van der Waals surface area contributed by atoms with Gasteiger partial charge in [-0.3, -0.25) is 19.2 Å². The summed E-state index contributed by atoms with van der Waals surface area (Å²) in [6, 6.07) is 18.3. The van der Waals surface area contributed by atoms with Crippen LogP contribution >= 0.6 is 0 Å². The minimum atomic E-state index is -1.32. The van der Waals surface area contributed by atoms with Crippen LogP contribution in [0.4, 0.5) is 5.69 Å². The van der Waals surface area contributed by atoms with E-state index in [1.54, 1.807) is 61.4 Å². The van der Waals surface area contributed by atoms with Crippen LogP contribution in [0.2, 0.25) is 0 Å². The van der Waals surface area contributed by atoms with Gasteiger partial charge in [-0.2, -0.15) is 5.10 Å². The number of hydrogen-bond donors (Lipinski definition) is 1. The number of furan rings is 1. The zero-order chi connectivity index (χ0) is 26.2. The number of aromatic nitrogens is 2. The first-order valence-electron chi connectivity index (χ1n) is 11.9. The standard InChI is InChI=1S/C28H28N4O5/c1-18-7-5-8-19(13-18)16-29-27(34)28(2)17-31-23(15-21(30-31)24-9-6-12-37-24)26(33)32(28)22-11-10-20(35-3)14-25(22)36-4/h5-15H,16-17H2,1-4H3,(H,29,34)/t28-/m0/s1. The van der Waals surface area contributed by atoms with Gasteiger partial charge < -0.3 is 19.2 Å². The summed E-state index contributed by atoms with van der Waals surface area (Å²) >= 11 is 0. The number of hydrogen-bond acceptors (Lipinski definition) is 6. The summed E-state index contributed by atoms with van der Waals surface area (Å²) in [5.41, 5.74) is 2.05. The summed E-state index contributed by atoms with van der Waals surface area (Å²) in [6.07, 6.45) is 1.55. The van der Waals surface area contributed by atoms with Crippen molar-refractivity contribution in [2.45, 2.75) is 32.5 Å². The first-order chi connectivity index (χ1) is 17.8. The smallest absolute Gasteiger partial charge is 0.277 e. The molecule has 9 nitrogen and oxygen atoms in total. The minimum absolute atomic E-state index is 0.129. The number of carbonyl (C=O) groups is 2. The second-order valence-electron chi connectivity index (χ2n) is 9.17. The molecule has 2 aromatic heterocycles. The van der Waals surface area contributed by atoms with Crippen LogP contribution in [0.25, 0.3) is 11.5 Å². The second-order valence-corrected chi connectivity index (χ2v) is 9.17. The van der Waals surface area contributed by atoms with Crippen molar-refractivity contribution in [1.29, 1.82) is 0 Å². The third kappa shape index (κ3) is 4.33. The Morgan fingerprint density at radius 3 is 2.65 bits per heavy atom. The molecular weight excluding hydrogens is 472 g/mol. The molecule has 5 rings (SSSR count). The van der Waals surface area contributed by atoms with Crippen LogP contribution in [0.15, 0.2) is 71.3 Å². The van der Waals surface area contributed by atoms with E-state index in [-0.39, 0.29) is 18.4 Å². The normalized spacial score (nSPS) is 16.9. The topological polar surface area (TPSA) is 98.8 Å². The summed E-state index contributed by atoms with van der Waals surface area (Å²) in [4.78, 5) is 29.4. The number of aryl methyl sites for hydroxylation is 1. The highest BCUT2D eigenvalue weighted by molar-refractivity contribution is 6.12. The molecule has 1 N–H and O–H groups in total. The Morgan fingerprint density at radius 1 is 1.11 bits per heavy atom. The summed E-state index contributed by atoms with van der Waals surface area (Å²) in [6.45, 7) is 4.18. The first kappa shape index (κ1) is 24.2. The van der Waals surface area contributed by atoms with E-state index in [1.165, 1.54) is 12.0 Å². The maximum atomic E-state index is 14.0. The highest BCUT2D eigenvalue weighted by Crippen LogP contribution is 2.40. The summed E-state index contributed by atoms with van der Waals surface area (Å²) in [5, 5.41) is 7.62. The van der Waals surface area contributed by atoms with E-state index in [0.29, 0.717) is 40.9 Å². The molecule has 0 unspecified atom stereocenters. The fraction of sp³-hybridized carbons (Fsp3) is 0.250. The Bertz CT molecular complexity index is 1460. The van der Waals surface area contributed by atoms with Crippen molar-refractivity contribution in [3.8, 4) is 23.0 Å². The van der Waals surface area contributed by atoms with Crippen molar-refractivity contribution in [3.05, 3.63) is 83.7 Å². The van der Waals surface area contributed by atoms with E-state index in [1.807, 2.05) is 31.2 Å². The summed E-state index contributed by atoms with van der Waals surface area (Å²) < 4.78 is 18.0. The number of benzene rings is 2. The predicted molar refractivity (Wildman–Crippen MR) is 138 cm³/mol. The molecule has 190 valence electrons. The molecule has 0 spiro atoms. The molecule has 9 heteroatoms. The minimum Gasteiger partial charge on any atom is -0.497 e. The zero-order valence-electron chi connectivity index (χ0n) is 21.1. The molecular formula is C28H28N4O5. The zero-order valence-corrected chi connectivity index (χ0v) is 21.1. The number of ether oxygens (including phenoxy) is 2. The van der Waals surface area contributed by atoms with Gasteiger partial charge in [0, 0.05) is 18.7 Å². The van der Waals surface area contributed by atoms with Gasteiger partial charge >= 0.3 is 0 Å². The van der Waals surface area contributed by atoms with Crippen LogP contribution in [0.3, 0.4) is 0 Å². The fourth-order valence-electron chi connectivity index (χ4n) is 4.67. The molecule has 37 heavy (non-hydrogen) atoms. The third-order valence-corrected chi connectivity index (χ3v) is 6.58. The molecule has 0 bridgehead atoms. The van der Waals surface area contributed by atoms with Gasteiger partial charge in [0.05, 0.1) is 32.7 Å². The average molecular weight is 501 g/mol. The van der Waals surface area contributed by atoms with Crippen LogP contribution in [-0.4, -0.2) is 41.4 Å². The van der Waals surface area contributed by atoms with Crippen molar-refractivity contribution >= 4 is 17.5 Å². The Morgan fingerprint density at radius 2 is 1.95 bits per heavy atom. The summed E-state index contributed by atoms with van der Waals surface area (Å²) in [7, 11) is 3.07. The van der Waals surface area contributed by atoms with Crippen molar-refractivity contribution in [1.82, 2.24) is 15.1 Å².